The van der Waals surface area contributed by atoms with Gasteiger partial charge >= 0.3 is 0 Å². The van der Waals surface area contributed by atoms with E-state index >= 15 is 0 Å². The number of hydrogen-bond acceptors (Lipinski definition) is 4. The van der Waals surface area contributed by atoms with Gasteiger partial charge in [-0.15, -0.1) is 0 Å². The normalized spacial score (nSPS) is 12.9. The summed E-state index contributed by atoms with van der Waals surface area (Å²) in [4.78, 5) is 24.7. The van der Waals surface area contributed by atoms with Gasteiger partial charge in [0.2, 0.25) is 5.91 Å². The van der Waals surface area contributed by atoms with Gasteiger partial charge in [0.25, 0.3) is 5.91 Å². The average Bonchev–Trinajstić information content (AvgIpc) is 2.63. The lowest BCUT2D eigenvalue weighted by Gasteiger charge is -2.17. The maximum atomic E-state index is 12.6. The second-order valence-electron chi connectivity index (χ2n) is 5.70. The van der Waals surface area contributed by atoms with Crippen LogP contribution < -0.4 is 16.4 Å². The SMILES string of the molecule is COCC(N)C(=O)Nc1ccccc1C(=O)NC(C)c1ccccc1. The number of rotatable bonds is 7. The van der Waals surface area contributed by atoms with Crippen LogP contribution in [0.3, 0.4) is 0 Å². The molecule has 132 valence electrons. The molecule has 0 saturated carbocycles. The molecule has 6 nitrogen and oxygen atoms in total. The van der Waals surface area contributed by atoms with Crippen LogP contribution in [0.15, 0.2) is 54.6 Å². The summed E-state index contributed by atoms with van der Waals surface area (Å²) in [5, 5.41) is 5.62. The quantitative estimate of drug-likeness (QED) is 0.719. The van der Waals surface area contributed by atoms with Gasteiger partial charge in [-0.2, -0.15) is 0 Å². The third-order valence-corrected chi connectivity index (χ3v) is 3.76. The summed E-state index contributed by atoms with van der Waals surface area (Å²) < 4.78 is 4.88. The number of hydrogen-bond donors (Lipinski definition) is 3. The Morgan fingerprint density at radius 2 is 1.72 bits per heavy atom. The van der Waals surface area contributed by atoms with E-state index in [9.17, 15) is 9.59 Å². The van der Waals surface area contributed by atoms with Crippen LogP contribution in [-0.4, -0.2) is 31.6 Å². The van der Waals surface area contributed by atoms with E-state index < -0.39 is 11.9 Å². The summed E-state index contributed by atoms with van der Waals surface area (Å²) in [7, 11) is 1.47. The van der Waals surface area contributed by atoms with Crippen LogP contribution in [0, 0.1) is 0 Å². The molecule has 2 aromatic rings. The first-order chi connectivity index (χ1) is 12.0. The van der Waals surface area contributed by atoms with E-state index in [-0.39, 0.29) is 18.6 Å². The van der Waals surface area contributed by atoms with Crippen molar-refractivity contribution in [2.45, 2.75) is 19.0 Å². The highest BCUT2D eigenvalue weighted by Crippen LogP contribution is 2.18. The van der Waals surface area contributed by atoms with Crippen LogP contribution in [0.4, 0.5) is 5.69 Å². The third kappa shape index (κ3) is 5.14. The molecule has 0 aliphatic carbocycles. The first kappa shape index (κ1) is 18.6. The standard InChI is InChI=1S/C19H23N3O3/c1-13(14-8-4-3-5-9-14)21-18(23)15-10-6-7-11-17(15)22-19(24)16(20)12-25-2/h3-11,13,16H,12,20H2,1-2H3,(H,21,23)(H,22,24). The number of nitrogens with two attached hydrogens (primary N) is 1. The molecule has 0 radical (unpaired) electrons. The molecule has 25 heavy (non-hydrogen) atoms. The molecule has 2 atom stereocenters. The van der Waals surface area contributed by atoms with Crippen LogP contribution in [0.1, 0.15) is 28.9 Å². The van der Waals surface area contributed by atoms with Crippen LogP contribution in [0.5, 0.6) is 0 Å². The molecule has 2 rings (SSSR count). The van der Waals surface area contributed by atoms with Gasteiger partial charge in [-0.1, -0.05) is 42.5 Å². The third-order valence-electron chi connectivity index (χ3n) is 3.76. The number of carbonyl (C=O) groups is 2. The predicted molar refractivity (Wildman–Crippen MR) is 97.2 cm³/mol. The van der Waals surface area contributed by atoms with Crippen molar-refractivity contribution in [3.63, 3.8) is 0 Å². The van der Waals surface area contributed by atoms with E-state index in [1.165, 1.54) is 7.11 Å². The van der Waals surface area contributed by atoms with Gasteiger partial charge in [0, 0.05) is 7.11 Å². The van der Waals surface area contributed by atoms with Crippen molar-refractivity contribution in [1.29, 1.82) is 0 Å². The fraction of sp³-hybridized carbons (Fsp3) is 0.263. The Kier molecular flexibility index (Phi) is 6.68. The topological polar surface area (TPSA) is 93.4 Å². The molecule has 0 heterocycles. The fourth-order valence-corrected chi connectivity index (χ4v) is 2.37. The van der Waals surface area contributed by atoms with Gasteiger partial charge in [-0.25, -0.2) is 0 Å². The molecule has 4 N–H and O–H groups in total. The van der Waals surface area contributed by atoms with Gasteiger partial charge < -0.3 is 21.1 Å². The number of nitrogens with one attached hydrogen (secondary N) is 2. The maximum absolute atomic E-state index is 12.6. The zero-order valence-corrected chi connectivity index (χ0v) is 14.4. The lowest BCUT2D eigenvalue weighted by molar-refractivity contribution is -0.118. The molecule has 6 heteroatoms. The summed E-state index contributed by atoms with van der Waals surface area (Å²) in [5.74, 6) is -0.675. The van der Waals surface area contributed by atoms with E-state index in [0.29, 0.717) is 11.3 Å². The van der Waals surface area contributed by atoms with E-state index in [1.807, 2.05) is 37.3 Å². The number of benzene rings is 2. The van der Waals surface area contributed by atoms with E-state index in [2.05, 4.69) is 10.6 Å². The number of amides is 2. The second-order valence-corrected chi connectivity index (χ2v) is 5.70. The first-order valence-corrected chi connectivity index (χ1v) is 8.03. The Balaban J connectivity index is 2.11. The highest BCUT2D eigenvalue weighted by Gasteiger charge is 2.18. The van der Waals surface area contributed by atoms with E-state index in [4.69, 9.17) is 10.5 Å². The summed E-state index contributed by atoms with van der Waals surface area (Å²) in [6.07, 6.45) is 0. The van der Waals surface area contributed by atoms with Crippen molar-refractivity contribution in [3.8, 4) is 0 Å². The van der Waals surface area contributed by atoms with E-state index in [0.717, 1.165) is 5.56 Å². The van der Waals surface area contributed by atoms with Gasteiger partial charge in [0.05, 0.1) is 23.9 Å². The molecule has 2 aromatic carbocycles. The Labute approximate surface area is 147 Å². The summed E-state index contributed by atoms with van der Waals surface area (Å²) in [6.45, 7) is 2.01. The number of anilines is 1. The molecular formula is C19H23N3O3. The van der Waals surface area contributed by atoms with Crippen molar-refractivity contribution in [1.82, 2.24) is 5.32 Å². The van der Waals surface area contributed by atoms with Crippen LogP contribution in [0.25, 0.3) is 0 Å². The predicted octanol–water partition coefficient (Wildman–Crippen LogP) is 2.09. The van der Waals surface area contributed by atoms with Gasteiger partial charge in [0.15, 0.2) is 0 Å². The Morgan fingerprint density at radius 1 is 1.08 bits per heavy atom. The first-order valence-electron chi connectivity index (χ1n) is 8.03. The molecule has 0 aliphatic rings. The zero-order valence-electron chi connectivity index (χ0n) is 14.4. The smallest absolute Gasteiger partial charge is 0.253 e. The lowest BCUT2D eigenvalue weighted by Crippen LogP contribution is -2.39. The number of carbonyl (C=O) groups excluding carboxylic acids is 2. The Bertz CT molecular complexity index is 719. The molecule has 2 unspecified atom stereocenters. The Morgan fingerprint density at radius 3 is 2.40 bits per heavy atom. The monoisotopic (exact) mass is 341 g/mol. The average molecular weight is 341 g/mol. The molecule has 0 bridgehead atoms. The van der Waals surface area contributed by atoms with Crippen molar-refractivity contribution >= 4 is 17.5 Å². The van der Waals surface area contributed by atoms with Crippen molar-refractivity contribution < 1.29 is 14.3 Å². The minimum absolute atomic E-state index is 0.102. The Hall–Kier alpha value is -2.70. The van der Waals surface area contributed by atoms with Gasteiger partial charge in [-0.05, 0) is 24.6 Å². The summed E-state index contributed by atoms with van der Waals surface area (Å²) in [5.41, 5.74) is 7.51. The van der Waals surface area contributed by atoms with Crippen molar-refractivity contribution in [3.05, 3.63) is 65.7 Å². The largest absolute Gasteiger partial charge is 0.383 e. The zero-order chi connectivity index (χ0) is 18.2. The minimum Gasteiger partial charge on any atom is -0.383 e. The lowest BCUT2D eigenvalue weighted by atomic mass is 10.1. The highest BCUT2D eigenvalue weighted by molar-refractivity contribution is 6.04. The molecule has 0 fully saturated rings. The van der Waals surface area contributed by atoms with Crippen LogP contribution in [0.2, 0.25) is 0 Å². The van der Waals surface area contributed by atoms with E-state index in [1.54, 1.807) is 24.3 Å². The molecule has 0 saturated heterocycles. The van der Waals surface area contributed by atoms with Crippen molar-refractivity contribution in [2.75, 3.05) is 19.0 Å². The van der Waals surface area contributed by atoms with Gasteiger partial charge in [-0.3, -0.25) is 9.59 Å². The molecule has 0 aromatic heterocycles. The van der Waals surface area contributed by atoms with Crippen LogP contribution >= 0.6 is 0 Å². The summed E-state index contributed by atoms with van der Waals surface area (Å²) >= 11 is 0. The molecular weight excluding hydrogens is 318 g/mol. The minimum atomic E-state index is -0.802. The van der Waals surface area contributed by atoms with Gasteiger partial charge in [0.1, 0.15) is 6.04 Å². The second kappa shape index (κ2) is 8.96. The fourth-order valence-electron chi connectivity index (χ4n) is 2.37. The van der Waals surface area contributed by atoms with Crippen molar-refractivity contribution in [2.24, 2.45) is 5.73 Å². The number of methoxy groups -OCH3 is 1. The highest BCUT2D eigenvalue weighted by atomic mass is 16.5. The molecule has 2 amide bonds. The molecule has 0 aliphatic heterocycles. The van der Waals surface area contributed by atoms with Crippen LogP contribution in [-0.2, 0) is 9.53 Å². The maximum Gasteiger partial charge on any atom is 0.253 e. The number of para-hydroxylation sites is 1. The molecule has 0 spiro atoms. The summed E-state index contributed by atoms with van der Waals surface area (Å²) in [6, 6.07) is 15.5. The number of ether oxygens (including phenoxy) is 1.